The molecular formula is C17H19F6N3O. The zero-order valence-corrected chi connectivity index (χ0v) is 14.7. The van der Waals surface area contributed by atoms with Crippen LogP contribution in [0.3, 0.4) is 0 Å². The standard InChI is InChI=1S/C17H19F6N3O/c1-3-4-26(2)9-12-8-24-25-15(12)11-5-13(17(21,22)23)7-14(6-11)27-10-16(18,19)20/h5-8H,3-4,9-10H2,1-2H3,(H,24,25). The first-order valence-corrected chi connectivity index (χ1v) is 8.12. The highest BCUT2D eigenvalue weighted by Crippen LogP contribution is 2.36. The highest BCUT2D eigenvalue weighted by molar-refractivity contribution is 5.65. The Kier molecular flexibility index (Phi) is 6.40. The molecule has 0 radical (unpaired) electrons. The molecule has 1 heterocycles. The molecular weight excluding hydrogens is 376 g/mol. The summed E-state index contributed by atoms with van der Waals surface area (Å²) in [5.41, 5.74) is -0.105. The minimum atomic E-state index is -4.73. The van der Waals surface area contributed by atoms with E-state index in [1.165, 1.54) is 6.20 Å². The third-order valence-corrected chi connectivity index (χ3v) is 3.69. The van der Waals surface area contributed by atoms with E-state index in [0.29, 0.717) is 23.9 Å². The summed E-state index contributed by atoms with van der Waals surface area (Å²) in [6, 6.07) is 2.55. The Labute approximate surface area is 152 Å². The van der Waals surface area contributed by atoms with Crippen molar-refractivity contribution < 1.29 is 31.1 Å². The van der Waals surface area contributed by atoms with E-state index in [1.54, 1.807) is 0 Å². The lowest BCUT2D eigenvalue weighted by Crippen LogP contribution is -2.19. The third kappa shape index (κ3) is 6.16. The molecule has 27 heavy (non-hydrogen) atoms. The Hall–Kier alpha value is -2.23. The fourth-order valence-corrected chi connectivity index (χ4v) is 2.59. The fourth-order valence-electron chi connectivity index (χ4n) is 2.59. The van der Waals surface area contributed by atoms with Crippen molar-refractivity contribution in [2.24, 2.45) is 0 Å². The van der Waals surface area contributed by atoms with Gasteiger partial charge in [-0.3, -0.25) is 5.10 Å². The van der Waals surface area contributed by atoms with Crippen molar-refractivity contribution in [1.82, 2.24) is 15.1 Å². The summed E-state index contributed by atoms with van der Waals surface area (Å²) in [6.07, 6.45) is -7.01. The molecule has 0 bridgehead atoms. The van der Waals surface area contributed by atoms with Gasteiger partial charge >= 0.3 is 12.4 Å². The number of nitrogens with zero attached hydrogens (tertiary/aromatic N) is 2. The molecule has 4 nitrogen and oxygen atoms in total. The van der Waals surface area contributed by atoms with Crippen LogP contribution in [-0.2, 0) is 12.7 Å². The molecule has 0 saturated heterocycles. The van der Waals surface area contributed by atoms with E-state index in [9.17, 15) is 26.3 Å². The molecule has 0 saturated carbocycles. The maximum Gasteiger partial charge on any atom is 0.422 e. The first-order chi connectivity index (χ1) is 12.5. The largest absolute Gasteiger partial charge is 0.484 e. The van der Waals surface area contributed by atoms with Crippen LogP contribution in [0.5, 0.6) is 5.75 Å². The van der Waals surface area contributed by atoms with Gasteiger partial charge in [-0.05, 0) is 38.2 Å². The van der Waals surface area contributed by atoms with Crippen molar-refractivity contribution in [3.63, 3.8) is 0 Å². The predicted octanol–water partition coefficient (Wildman–Crippen LogP) is 4.88. The molecule has 0 spiro atoms. The van der Waals surface area contributed by atoms with Gasteiger partial charge in [-0.2, -0.15) is 31.4 Å². The quantitative estimate of drug-likeness (QED) is 0.680. The highest BCUT2D eigenvalue weighted by atomic mass is 19.4. The lowest BCUT2D eigenvalue weighted by Gasteiger charge is -2.17. The van der Waals surface area contributed by atoms with Crippen LogP contribution in [0.1, 0.15) is 24.5 Å². The lowest BCUT2D eigenvalue weighted by atomic mass is 10.0. The Morgan fingerprint density at radius 1 is 1.11 bits per heavy atom. The Balaban J connectivity index is 2.40. The molecule has 0 aliphatic rings. The Bertz CT molecular complexity index is 754. The van der Waals surface area contributed by atoms with E-state index in [1.807, 2.05) is 18.9 Å². The maximum absolute atomic E-state index is 13.2. The zero-order chi connectivity index (χ0) is 20.2. The molecule has 1 aromatic heterocycles. The third-order valence-electron chi connectivity index (χ3n) is 3.69. The second-order valence-corrected chi connectivity index (χ2v) is 6.16. The number of nitrogens with one attached hydrogen (secondary N) is 1. The average Bonchev–Trinajstić information content (AvgIpc) is 2.99. The molecule has 150 valence electrons. The minimum Gasteiger partial charge on any atom is -0.484 e. The van der Waals surface area contributed by atoms with Gasteiger partial charge in [0.1, 0.15) is 5.75 Å². The molecule has 0 aliphatic heterocycles. The van der Waals surface area contributed by atoms with Crippen LogP contribution in [-0.4, -0.2) is 41.5 Å². The molecule has 0 amide bonds. The number of hydrogen-bond acceptors (Lipinski definition) is 3. The highest BCUT2D eigenvalue weighted by Gasteiger charge is 2.33. The van der Waals surface area contributed by atoms with Crippen molar-refractivity contribution in [1.29, 1.82) is 0 Å². The number of rotatable bonds is 7. The zero-order valence-electron chi connectivity index (χ0n) is 14.7. The van der Waals surface area contributed by atoms with Crippen LogP contribution >= 0.6 is 0 Å². The summed E-state index contributed by atoms with van der Waals surface area (Å²) in [4.78, 5) is 1.96. The normalized spacial score (nSPS) is 12.6. The number of benzene rings is 1. The second-order valence-electron chi connectivity index (χ2n) is 6.16. The molecule has 1 N–H and O–H groups in total. The van der Waals surface area contributed by atoms with Crippen LogP contribution in [0.25, 0.3) is 11.3 Å². The van der Waals surface area contributed by atoms with Gasteiger partial charge in [-0.25, -0.2) is 0 Å². The molecule has 1 aromatic carbocycles. The number of alkyl halides is 6. The summed E-state index contributed by atoms with van der Waals surface area (Å²) >= 11 is 0. The fraction of sp³-hybridized carbons (Fsp3) is 0.471. The van der Waals surface area contributed by atoms with Crippen LogP contribution in [0, 0.1) is 0 Å². The summed E-state index contributed by atoms with van der Waals surface area (Å²) in [5, 5.41) is 6.49. The van der Waals surface area contributed by atoms with Gasteiger partial charge in [-0.1, -0.05) is 6.92 Å². The van der Waals surface area contributed by atoms with Gasteiger partial charge in [0.15, 0.2) is 6.61 Å². The maximum atomic E-state index is 13.2. The monoisotopic (exact) mass is 395 g/mol. The number of ether oxygens (including phenoxy) is 1. The minimum absolute atomic E-state index is 0.0550. The average molecular weight is 395 g/mol. The smallest absolute Gasteiger partial charge is 0.422 e. The van der Waals surface area contributed by atoms with Crippen LogP contribution < -0.4 is 4.74 Å². The van der Waals surface area contributed by atoms with Crippen molar-refractivity contribution in [3.8, 4) is 17.0 Å². The van der Waals surface area contributed by atoms with Gasteiger partial charge in [-0.15, -0.1) is 0 Å². The number of aromatic nitrogens is 2. The predicted molar refractivity (Wildman–Crippen MR) is 87.2 cm³/mol. The van der Waals surface area contributed by atoms with Gasteiger partial charge < -0.3 is 9.64 Å². The molecule has 0 atom stereocenters. The van der Waals surface area contributed by atoms with Crippen molar-refractivity contribution in [3.05, 3.63) is 35.5 Å². The van der Waals surface area contributed by atoms with Gasteiger partial charge in [0.05, 0.1) is 17.5 Å². The molecule has 2 rings (SSSR count). The number of H-pyrrole nitrogens is 1. The van der Waals surface area contributed by atoms with Gasteiger partial charge in [0.2, 0.25) is 0 Å². The van der Waals surface area contributed by atoms with Gasteiger partial charge in [0.25, 0.3) is 0 Å². The molecule has 2 aromatic rings. The molecule has 0 fully saturated rings. The second kappa shape index (κ2) is 8.20. The summed E-state index contributed by atoms with van der Waals surface area (Å²) in [6.45, 7) is 1.51. The molecule has 10 heteroatoms. The topological polar surface area (TPSA) is 41.2 Å². The van der Waals surface area contributed by atoms with E-state index < -0.39 is 30.3 Å². The van der Waals surface area contributed by atoms with Crippen LogP contribution in [0.4, 0.5) is 26.3 Å². The van der Waals surface area contributed by atoms with E-state index in [4.69, 9.17) is 0 Å². The summed E-state index contributed by atoms with van der Waals surface area (Å²) in [5.74, 6) is -0.514. The van der Waals surface area contributed by atoms with E-state index >= 15 is 0 Å². The number of halogens is 6. The van der Waals surface area contributed by atoms with Crippen molar-refractivity contribution in [2.75, 3.05) is 20.2 Å². The Morgan fingerprint density at radius 2 is 1.81 bits per heavy atom. The molecule has 0 unspecified atom stereocenters. The van der Waals surface area contributed by atoms with E-state index in [-0.39, 0.29) is 5.56 Å². The molecule has 0 aliphatic carbocycles. The van der Waals surface area contributed by atoms with Crippen LogP contribution in [0.15, 0.2) is 24.4 Å². The summed E-state index contributed by atoms with van der Waals surface area (Å²) < 4.78 is 81.1. The number of aromatic amines is 1. The first kappa shape index (κ1) is 21.1. The van der Waals surface area contributed by atoms with Crippen molar-refractivity contribution >= 4 is 0 Å². The van der Waals surface area contributed by atoms with E-state index in [2.05, 4.69) is 14.9 Å². The van der Waals surface area contributed by atoms with Gasteiger partial charge in [0, 0.05) is 17.7 Å². The Morgan fingerprint density at radius 3 is 2.41 bits per heavy atom. The lowest BCUT2D eigenvalue weighted by molar-refractivity contribution is -0.153. The first-order valence-electron chi connectivity index (χ1n) is 8.12. The van der Waals surface area contributed by atoms with Crippen molar-refractivity contribution in [2.45, 2.75) is 32.2 Å². The SMILES string of the molecule is CCCN(C)Cc1cn[nH]c1-c1cc(OCC(F)(F)F)cc(C(F)(F)F)c1. The van der Waals surface area contributed by atoms with Crippen LogP contribution in [0.2, 0.25) is 0 Å². The number of hydrogen-bond donors (Lipinski definition) is 1. The van der Waals surface area contributed by atoms with E-state index in [0.717, 1.165) is 25.1 Å². The summed E-state index contributed by atoms with van der Waals surface area (Å²) in [7, 11) is 1.85.